The summed E-state index contributed by atoms with van der Waals surface area (Å²) in [6.07, 6.45) is -10.3. The number of benzene rings is 1. The molecule has 40 heteroatoms. The normalized spacial score (nSPS) is 23.3. The van der Waals surface area contributed by atoms with Crippen LogP contribution in [0, 0.1) is 5.92 Å². The lowest BCUT2D eigenvalue weighted by atomic mass is 9.89. The van der Waals surface area contributed by atoms with Gasteiger partial charge in [0.25, 0.3) is 5.91 Å². The molecule has 112 heavy (non-hydrogen) atoms. The molecule has 3 fully saturated rings. The number of hydrogen-bond donors (Lipinski definition) is 5. The molecule has 3 aliphatic heterocycles. The lowest BCUT2D eigenvalue weighted by molar-refractivity contribution is -0.279. The monoisotopic (exact) mass is 1610 g/mol. The molecule has 636 valence electrons. The second-order valence-corrected chi connectivity index (χ2v) is 25.5. The van der Waals surface area contributed by atoms with Crippen molar-refractivity contribution in [1.29, 1.82) is 0 Å². The van der Waals surface area contributed by atoms with Crippen molar-refractivity contribution in [2.45, 2.75) is 195 Å². The minimum absolute atomic E-state index is 0.00431. The van der Waals surface area contributed by atoms with E-state index >= 15 is 0 Å². The summed E-state index contributed by atoms with van der Waals surface area (Å²) < 4.78 is 133. The van der Waals surface area contributed by atoms with E-state index < -0.39 is 176 Å². The quantitative estimate of drug-likeness (QED) is 0.0324. The molecule has 3 aliphatic rings. The Kier molecular flexibility index (Phi) is 46.1. The molecule has 0 radical (unpaired) electrons. The second kappa shape index (κ2) is 53.7. The molecule has 5 N–H and O–H groups in total. The second-order valence-electron chi connectivity index (χ2n) is 25.5. The molecule has 3 saturated heterocycles. The van der Waals surface area contributed by atoms with Crippen molar-refractivity contribution in [3.8, 4) is 17.2 Å². The zero-order valence-corrected chi connectivity index (χ0v) is 65.6. The van der Waals surface area contributed by atoms with E-state index in [-0.39, 0.29) is 155 Å². The smallest absolute Gasteiger partial charge is 0.303 e. The van der Waals surface area contributed by atoms with Crippen LogP contribution < -0.4 is 35.5 Å². The van der Waals surface area contributed by atoms with Crippen molar-refractivity contribution in [2.75, 3.05) is 152 Å². The van der Waals surface area contributed by atoms with E-state index in [1.54, 1.807) is 6.92 Å². The van der Waals surface area contributed by atoms with Crippen molar-refractivity contribution in [2.24, 2.45) is 5.92 Å². The Bertz CT molecular complexity index is 2960. The van der Waals surface area contributed by atoms with Gasteiger partial charge < -0.3 is 135 Å². The molecule has 40 nitrogen and oxygen atoms in total. The third-order valence-corrected chi connectivity index (χ3v) is 16.1. The van der Waals surface area contributed by atoms with Gasteiger partial charge in [0.2, 0.25) is 23.5 Å². The number of hydrogen-bond acceptors (Lipinski definition) is 36. The summed E-state index contributed by atoms with van der Waals surface area (Å²) in [5.74, 6) is -7.85. The molecular weight excluding hydrogens is 1500 g/mol. The van der Waals surface area contributed by atoms with E-state index in [1.807, 2.05) is 0 Å². The van der Waals surface area contributed by atoms with Gasteiger partial charge in [-0.05, 0) is 25.0 Å². The van der Waals surface area contributed by atoms with Gasteiger partial charge in [-0.15, -0.1) is 0 Å². The number of rotatable bonds is 54. The van der Waals surface area contributed by atoms with Crippen molar-refractivity contribution >= 4 is 71.4 Å². The molecule has 1 aromatic rings. The first kappa shape index (κ1) is 96.1. The number of unbranched alkanes of at least 4 members (excludes halogenated alkanes) is 3. The van der Waals surface area contributed by atoms with Gasteiger partial charge in [-0.3, -0.25) is 57.5 Å². The van der Waals surface area contributed by atoms with Gasteiger partial charge in [0.15, 0.2) is 54.8 Å². The molecule has 0 aromatic heterocycles. The first-order valence-corrected chi connectivity index (χ1v) is 36.8. The Morgan fingerprint density at radius 1 is 0.357 bits per heavy atom. The maximum Gasteiger partial charge on any atom is 0.303 e. The summed E-state index contributed by atoms with van der Waals surface area (Å²) in [6, 6.07) is -0.335. The Labute approximate surface area is 649 Å². The van der Waals surface area contributed by atoms with Crippen molar-refractivity contribution < 1.29 is 172 Å². The summed E-state index contributed by atoms with van der Waals surface area (Å²) >= 11 is 0. The van der Waals surface area contributed by atoms with Crippen LogP contribution in [0.3, 0.4) is 0 Å². The lowest BCUT2D eigenvalue weighted by Gasteiger charge is -2.44. The summed E-state index contributed by atoms with van der Waals surface area (Å²) in [5.41, 5.74) is 0.139. The molecule has 4 amide bonds. The number of aliphatic hydroxyl groups excluding tert-OH is 1. The predicted molar refractivity (Wildman–Crippen MR) is 379 cm³/mol. The summed E-state index contributed by atoms with van der Waals surface area (Å²) in [7, 11) is 0. The minimum Gasteiger partial charge on any atom is -0.487 e. The SMILES string of the molecule is CC(=O)N[C@H]1[C@H](OCCOCCOCCOc2cc(C(=O)NCCCCCCO)cc(OCCOCCOCCO[C@@H]3O[C@H](COC(C)=O)C(OC(C)=O)[C@H](OC(C)=O)[C@H]3NC(C)=O)c2OCCOCCOCCO[C@@H]2OC(COC(C)=O)C(C)[C@H](OC(C)=O)[C@H]2NC(C)=O)O[C@H](COC(C)=O)[C@H](OC(C)=O)[C@@H]1OC(C)=O. The van der Waals surface area contributed by atoms with Crippen LogP contribution in [0.5, 0.6) is 17.2 Å². The van der Waals surface area contributed by atoms with Crippen LogP contribution >= 0.6 is 0 Å². The van der Waals surface area contributed by atoms with E-state index in [0.717, 1.165) is 54.4 Å². The van der Waals surface area contributed by atoms with Gasteiger partial charge in [-0.25, -0.2) is 0 Å². The maximum absolute atomic E-state index is 13.9. The topological polar surface area (TPSA) is 485 Å². The number of carbonyl (C=O) groups excluding carboxylic acids is 12. The average molecular weight is 1610 g/mol. The first-order chi connectivity index (χ1) is 53.5. The van der Waals surface area contributed by atoms with E-state index in [9.17, 15) is 62.6 Å². The highest BCUT2D eigenvalue weighted by atomic mass is 16.7. The summed E-state index contributed by atoms with van der Waals surface area (Å²) in [5, 5.41) is 20.2. The number of aliphatic hydroxyl groups is 1. The van der Waals surface area contributed by atoms with Crippen LogP contribution in [0.25, 0.3) is 0 Å². The molecule has 4 rings (SSSR count). The molecular formula is C72H112N4O36. The Morgan fingerprint density at radius 3 is 1.01 bits per heavy atom. The Morgan fingerprint density at radius 2 is 0.661 bits per heavy atom. The standard InChI is InChI=1S/C72H112N4O36/c1-42-57(39-102-46(5)81)110-70(60(74-43(2)78)63(42)105-49(8)84)99-34-28-95-24-21-92-27-33-98-64-55(96-31-25-90-19-22-93-29-35-100-71-61(75-44(3)79)67(108-52(11)87)65(106-50(9)85)58(111-71)40-103-47(6)82)37-54(69(89)73-17-15-13-14-16-18-77)38-56(64)97-32-26-91-20-23-94-30-36-101-72-62(76-45(4)80)68(109-53(12)88)66(107-51(10)86)59(112-72)41-104-48(7)83/h37-38,42,57-63,65-68,70-72,77H,13-36,39-41H2,1-12H3,(H,73,89)(H,74,78)(H,75,79)(H,76,80)/t42?,57?,58-,59-,60-,61-,62-,63+,65+,66?,67-,68-,70-,71-,72-/m1/s1. The number of esters is 8. The molecule has 0 saturated carbocycles. The number of nitrogens with one attached hydrogen (secondary N) is 4. The summed E-state index contributed by atoms with van der Waals surface area (Å²) in [6.45, 7) is 13.8. The van der Waals surface area contributed by atoms with E-state index in [0.29, 0.717) is 19.4 Å². The maximum atomic E-state index is 13.9. The molecule has 3 unspecified atom stereocenters. The van der Waals surface area contributed by atoms with Crippen LogP contribution in [0.1, 0.15) is 119 Å². The summed E-state index contributed by atoms with van der Waals surface area (Å²) in [4.78, 5) is 147. The molecule has 15 atom stereocenters. The fourth-order valence-electron chi connectivity index (χ4n) is 11.4. The van der Waals surface area contributed by atoms with Gasteiger partial charge in [0, 0.05) is 101 Å². The van der Waals surface area contributed by atoms with Crippen LogP contribution in [0.15, 0.2) is 12.1 Å². The molecule has 3 heterocycles. The minimum atomic E-state index is -1.32. The van der Waals surface area contributed by atoms with Crippen molar-refractivity contribution in [1.82, 2.24) is 21.3 Å². The number of ether oxygens (including phenoxy) is 23. The van der Waals surface area contributed by atoms with Crippen LogP contribution in [-0.2, 0) is 147 Å². The van der Waals surface area contributed by atoms with Gasteiger partial charge in [-0.1, -0.05) is 19.8 Å². The van der Waals surface area contributed by atoms with Gasteiger partial charge in [0.05, 0.1) is 99.1 Å². The lowest BCUT2D eigenvalue weighted by Crippen LogP contribution is -2.66. The molecule has 0 bridgehead atoms. The van der Waals surface area contributed by atoms with E-state index in [1.165, 1.54) is 46.8 Å². The molecule has 0 spiro atoms. The number of amides is 4. The highest BCUT2D eigenvalue weighted by molar-refractivity contribution is 5.95. The number of carbonyl (C=O) groups is 12. The van der Waals surface area contributed by atoms with Crippen molar-refractivity contribution in [3.63, 3.8) is 0 Å². The molecule has 0 aliphatic carbocycles. The van der Waals surface area contributed by atoms with Crippen molar-refractivity contribution in [3.05, 3.63) is 17.7 Å². The van der Waals surface area contributed by atoms with Crippen LogP contribution in [-0.4, -0.2) is 314 Å². The van der Waals surface area contributed by atoms with Crippen LogP contribution in [0.4, 0.5) is 0 Å². The van der Waals surface area contributed by atoms with Gasteiger partial charge >= 0.3 is 47.8 Å². The predicted octanol–water partition coefficient (Wildman–Crippen LogP) is -0.0724. The van der Waals surface area contributed by atoms with E-state index in [4.69, 9.17) is 109 Å². The molecule has 1 aromatic carbocycles. The van der Waals surface area contributed by atoms with Gasteiger partial charge in [0.1, 0.15) is 82.2 Å². The fraction of sp³-hybridized carbons (Fsp3) is 0.750. The average Bonchev–Trinajstić information content (AvgIpc) is 0.809. The third kappa shape index (κ3) is 37.6. The zero-order valence-electron chi connectivity index (χ0n) is 65.6. The van der Waals surface area contributed by atoms with Gasteiger partial charge in [-0.2, -0.15) is 0 Å². The first-order valence-electron chi connectivity index (χ1n) is 36.8. The Balaban J connectivity index is 1.44. The zero-order chi connectivity index (χ0) is 82.5. The van der Waals surface area contributed by atoms with E-state index in [2.05, 4.69) is 21.3 Å². The third-order valence-electron chi connectivity index (χ3n) is 16.1. The van der Waals surface area contributed by atoms with Crippen LogP contribution in [0.2, 0.25) is 0 Å². The fourth-order valence-corrected chi connectivity index (χ4v) is 11.4. The largest absolute Gasteiger partial charge is 0.487 e. The highest BCUT2D eigenvalue weighted by Gasteiger charge is 2.53. The Hall–Kier alpha value is -8.26. The highest BCUT2D eigenvalue weighted by Crippen LogP contribution is 2.40.